The van der Waals surface area contributed by atoms with Gasteiger partial charge in [0.05, 0.1) is 12.3 Å². The van der Waals surface area contributed by atoms with Gasteiger partial charge in [-0.2, -0.15) is 0 Å². The minimum absolute atomic E-state index is 0.672. The maximum Gasteiger partial charge on any atom is 0.149 e. The van der Waals surface area contributed by atoms with Gasteiger partial charge in [0.1, 0.15) is 5.75 Å². The first-order valence-electron chi connectivity index (χ1n) is 4.76. The van der Waals surface area contributed by atoms with Crippen LogP contribution in [0.3, 0.4) is 0 Å². The van der Waals surface area contributed by atoms with Crippen LogP contribution in [-0.2, 0) is 0 Å². The Morgan fingerprint density at radius 2 is 2.14 bits per heavy atom. The molecule has 1 aromatic carbocycles. The van der Waals surface area contributed by atoms with Crippen molar-refractivity contribution in [3.8, 4) is 5.75 Å². The molecule has 0 N–H and O–H groups in total. The lowest BCUT2D eigenvalue weighted by Crippen LogP contribution is -2.11. The Morgan fingerprint density at radius 3 is 2.64 bits per heavy atom. The Hall–Kier alpha value is -1.44. The molecule has 0 aromatic heterocycles. The van der Waals surface area contributed by atoms with E-state index in [1.54, 1.807) is 0 Å². The molecule has 0 radical (unpaired) electrons. The molecule has 76 valence electrons. The molecule has 0 heterocycles. The van der Waals surface area contributed by atoms with Gasteiger partial charge in [-0.3, -0.25) is 0 Å². The van der Waals surface area contributed by atoms with E-state index in [9.17, 15) is 0 Å². The van der Waals surface area contributed by atoms with E-state index in [-0.39, 0.29) is 0 Å². The van der Waals surface area contributed by atoms with Gasteiger partial charge in [-0.15, -0.1) is 0 Å². The molecule has 0 fully saturated rings. The molecule has 0 atom stereocenters. The first-order chi connectivity index (χ1) is 6.70. The van der Waals surface area contributed by atoms with Crippen LogP contribution in [0.5, 0.6) is 5.75 Å². The molecule has 0 saturated carbocycles. The van der Waals surface area contributed by atoms with E-state index in [0.717, 1.165) is 17.0 Å². The summed E-state index contributed by atoms with van der Waals surface area (Å²) < 4.78 is 5.61. The number of nitrogens with zero attached hydrogens (tertiary/aromatic N) is 1. The molecule has 0 spiro atoms. The molecule has 1 rings (SSSR count). The van der Waals surface area contributed by atoms with E-state index in [2.05, 4.69) is 6.58 Å². The number of benzene rings is 1. The summed E-state index contributed by atoms with van der Waals surface area (Å²) in [5.74, 6) is 0.912. The Kier molecular flexibility index (Phi) is 3.57. The summed E-state index contributed by atoms with van der Waals surface area (Å²) in [4.78, 5) is 2.04. The van der Waals surface area contributed by atoms with Crippen molar-refractivity contribution in [3.05, 3.63) is 30.3 Å². The summed E-state index contributed by atoms with van der Waals surface area (Å²) in [6, 6.07) is 6.05. The van der Waals surface area contributed by atoms with Crippen molar-refractivity contribution in [3.63, 3.8) is 0 Å². The minimum atomic E-state index is 0.672. The standard InChI is InChI=1S/C12H17NO/c1-5-10-8-7-9-11(13(3)4)12(10)14-6-2/h5,7-9H,1,6H2,2-4H3. The van der Waals surface area contributed by atoms with Gasteiger partial charge in [0.25, 0.3) is 0 Å². The van der Waals surface area contributed by atoms with Gasteiger partial charge in [-0.1, -0.05) is 24.8 Å². The first-order valence-corrected chi connectivity index (χ1v) is 4.76. The monoisotopic (exact) mass is 191 g/mol. The molecule has 1 aromatic rings. The summed E-state index contributed by atoms with van der Waals surface area (Å²) in [7, 11) is 4.01. The van der Waals surface area contributed by atoms with Gasteiger partial charge in [0.15, 0.2) is 0 Å². The van der Waals surface area contributed by atoms with Gasteiger partial charge in [-0.05, 0) is 13.0 Å². The Labute approximate surface area is 85.8 Å². The zero-order valence-electron chi connectivity index (χ0n) is 9.08. The van der Waals surface area contributed by atoms with Crippen molar-refractivity contribution >= 4 is 11.8 Å². The summed E-state index contributed by atoms with van der Waals surface area (Å²) >= 11 is 0. The highest BCUT2D eigenvalue weighted by atomic mass is 16.5. The Balaban J connectivity index is 3.20. The van der Waals surface area contributed by atoms with Crippen LogP contribution >= 0.6 is 0 Å². The highest BCUT2D eigenvalue weighted by molar-refractivity contribution is 5.69. The van der Waals surface area contributed by atoms with Crippen LogP contribution in [0.1, 0.15) is 12.5 Å². The lowest BCUT2D eigenvalue weighted by molar-refractivity contribution is 0.340. The SMILES string of the molecule is C=Cc1cccc(N(C)C)c1OCC. The maximum atomic E-state index is 5.61. The van der Waals surface area contributed by atoms with Crippen LogP contribution in [0.4, 0.5) is 5.69 Å². The summed E-state index contributed by atoms with van der Waals surface area (Å²) in [6.45, 7) is 6.43. The summed E-state index contributed by atoms with van der Waals surface area (Å²) in [5, 5.41) is 0. The van der Waals surface area contributed by atoms with Gasteiger partial charge in [-0.25, -0.2) is 0 Å². The molecule has 0 unspecified atom stereocenters. The predicted octanol–water partition coefficient (Wildman–Crippen LogP) is 2.79. The number of hydrogen-bond acceptors (Lipinski definition) is 2. The third-order valence-corrected chi connectivity index (χ3v) is 2.02. The van der Waals surface area contributed by atoms with Crippen molar-refractivity contribution in [2.45, 2.75) is 6.92 Å². The van der Waals surface area contributed by atoms with Crippen molar-refractivity contribution in [2.24, 2.45) is 0 Å². The van der Waals surface area contributed by atoms with E-state index in [1.165, 1.54) is 0 Å². The first kappa shape index (κ1) is 10.6. The van der Waals surface area contributed by atoms with Crippen molar-refractivity contribution < 1.29 is 4.74 Å². The average molecular weight is 191 g/mol. The Morgan fingerprint density at radius 1 is 1.43 bits per heavy atom. The molecule has 2 nitrogen and oxygen atoms in total. The largest absolute Gasteiger partial charge is 0.491 e. The maximum absolute atomic E-state index is 5.61. The topological polar surface area (TPSA) is 12.5 Å². The second kappa shape index (κ2) is 4.70. The fourth-order valence-electron chi connectivity index (χ4n) is 1.36. The van der Waals surface area contributed by atoms with E-state index < -0.39 is 0 Å². The fourth-order valence-corrected chi connectivity index (χ4v) is 1.36. The molecule has 0 aliphatic rings. The third kappa shape index (κ3) is 2.08. The minimum Gasteiger partial charge on any atom is -0.491 e. The molecule has 0 aliphatic heterocycles. The smallest absolute Gasteiger partial charge is 0.149 e. The quantitative estimate of drug-likeness (QED) is 0.725. The predicted molar refractivity (Wildman–Crippen MR) is 62.0 cm³/mol. The number of rotatable bonds is 4. The van der Waals surface area contributed by atoms with E-state index >= 15 is 0 Å². The van der Waals surface area contributed by atoms with Gasteiger partial charge < -0.3 is 9.64 Å². The molecule has 14 heavy (non-hydrogen) atoms. The summed E-state index contributed by atoms with van der Waals surface area (Å²) in [6.07, 6.45) is 1.82. The number of anilines is 1. The van der Waals surface area contributed by atoms with Crippen LogP contribution in [0.25, 0.3) is 6.08 Å². The summed E-state index contributed by atoms with van der Waals surface area (Å²) in [5.41, 5.74) is 2.13. The second-order valence-electron chi connectivity index (χ2n) is 3.23. The van der Waals surface area contributed by atoms with Crippen LogP contribution in [0, 0.1) is 0 Å². The number of hydrogen-bond donors (Lipinski definition) is 0. The van der Waals surface area contributed by atoms with Crippen LogP contribution in [0.2, 0.25) is 0 Å². The molecular weight excluding hydrogens is 174 g/mol. The van der Waals surface area contributed by atoms with E-state index in [1.807, 2.05) is 50.2 Å². The highest BCUT2D eigenvalue weighted by Gasteiger charge is 2.08. The van der Waals surface area contributed by atoms with Gasteiger partial charge >= 0.3 is 0 Å². The molecule has 0 aliphatic carbocycles. The molecule has 2 heteroatoms. The number of ether oxygens (including phenoxy) is 1. The van der Waals surface area contributed by atoms with Crippen molar-refractivity contribution in [2.75, 3.05) is 25.6 Å². The van der Waals surface area contributed by atoms with Crippen molar-refractivity contribution in [1.82, 2.24) is 0 Å². The molecule has 0 saturated heterocycles. The Bertz CT molecular complexity index is 318. The molecule has 0 amide bonds. The fraction of sp³-hybridized carbons (Fsp3) is 0.333. The van der Waals surface area contributed by atoms with E-state index in [4.69, 9.17) is 4.74 Å². The zero-order chi connectivity index (χ0) is 10.6. The van der Waals surface area contributed by atoms with Crippen LogP contribution in [-0.4, -0.2) is 20.7 Å². The average Bonchev–Trinajstić information content (AvgIpc) is 2.18. The van der Waals surface area contributed by atoms with E-state index in [0.29, 0.717) is 6.61 Å². The van der Waals surface area contributed by atoms with Crippen molar-refractivity contribution in [1.29, 1.82) is 0 Å². The lowest BCUT2D eigenvalue weighted by atomic mass is 10.1. The third-order valence-electron chi connectivity index (χ3n) is 2.02. The highest BCUT2D eigenvalue weighted by Crippen LogP contribution is 2.31. The molecule has 0 bridgehead atoms. The zero-order valence-corrected chi connectivity index (χ0v) is 9.08. The van der Waals surface area contributed by atoms with Crippen LogP contribution < -0.4 is 9.64 Å². The molecular formula is C12H17NO. The van der Waals surface area contributed by atoms with Gasteiger partial charge in [0, 0.05) is 19.7 Å². The number of para-hydroxylation sites is 1. The normalized spacial score (nSPS) is 9.64. The van der Waals surface area contributed by atoms with Crippen LogP contribution in [0.15, 0.2) is 24.8 Å². The lowest BCUT2D eigenvalue weighted by Gasteiger charge is -2.18. The van der Waals surface area contributed by atoms with Gasteiger partial charge in [0.2, 0.25) is 0 Å². The second-order valence-corrected chi connectivity index (χ2v) is 3.23.